The van der Waals surface area contributed by atoms with Gasteiger partial charge in [0.15, 0.2) is 0 Å². The maximum atomic E-state index is 12.3. The molecule has 0 aromatic heterocycles. The highest BCUT2D eigenvalue weighted by molar-refractivity contribution is 7.89. The first-order chi connectivity index (χ1) is 10.3. The Morgan fingerprint density at radius 1 is 1.27 bits per heavy atom. The van der Waals surface area contributed by atoms with Gasteiger partial charge in [-0.15, -0.1) is 0 Å². The summed E-state index contributed by atoms with van der Waals surface area (Å²) in [7, 11) is -0.530. The Morgan fingerprint density at radius 3 is 2.59 bits per heavy atom. The van der Waals surface area contributed by atoms with Crippen molar-refractivity contribution in [3.8, 4) is 0 Å². The van der Waals surface area contributed by atoms with E-state index in [-0.39, 0.29) is 16.7 Å². The Hall–Kier alpha value is -1.66. The lowest BCUT2D eigenvalue weighted by Crippen LogP contribution is -2.25. The molecule has 0 unspecified atom stereocenters. The predicted octanol–water partition coefficient (Wildman–Crippen LogP) is 2.54. The summed E-state index contributed by atoms with van der Waals surface area (Å²) in [5, 5.41) is 2.88. The minimum Gasteiger partial charge on any atom is -0.326 e. The van der Waals surface area contributed by atoms with Crippen LogP contribution < -0.4 is 5.32 Å². The Kier molecular flexibility index (Phi) is 5.03. The molecular formula is C16H22N2O3S. The van der Waals surface area contributed by atoms with Crippen LogP contribution in [0.15, 0.2) is 35.2 Å². The number of anilines is 1. The second-order valence-electron chi connectivity index (χ2n) is 5.73. The van der Waals surface area contributed by atoms with Gasteiger partial charge in [0.05, 0.1) is 4.90 Å². The molecule has 6 heteroatoms. The van der Waals surface area contributed by atoms with Crippen LogP contribution in [0.2, 0.25) is 0 Å². The van der Waals surface area contributed by atoms with Gasteiger partial charge in [-0.1, -0.05) is 18.2 Å². The number of hydrogen-bond acceptors (Lipinski definition) is 3. The molecule has 0 aliphatic heterocycles. The third-order valence-corrected chi connectivity index (χ3v) is 5.70. The van der Waals surface area contributed by atoms with Gasteiger partial charge in [0.25, 0.3) is 0 Å². The molecule has 0 heterocycles. The standard InChI is InChI=1S/C16H22N2O3S/c1-12-9-10-14(22(20,21)18(2)3)11-15(12)17-16(19)13-7-5-4-6-8-13/h4-5,9-11,13H,6-8H2,1-3H3,(H,17,19)/t13-/m0/s1. The smallest absolute Gasteiger partial charge is 0.242 e. The van der Waals surface area contributed by atoms with Crippen molar-refractivity contribution in [2.24, 2.45) is 5.92 Å². The van der Waals surface area contributed by atoms with Crippen LogP contribution in [0.5, 0.6) is 0 Å². The Bertz CT molecular complexity index is 693. The predicted molar refractivity (Wildman–Crippen MR) is 87.2 cm³/mol. The number of amides is 1. The molecule has 0 spiro atoms. The van der Waals surface area contributed by atoms with Gasteiger partial charge in [-0.2, -0.15) is 0 Å². The van der Waals surface area contributed by atoms with Gasteiger partial charge < -0.3 is 5.32 Å². The summed E-state index contributed by atoms with van der Waals surface area (Å²) in [6, 6.07) is 4.80. The molecule has 1 aliphatic rings. The van der Waals surface area contributed by atoms with Gasteiger partial charge in [-0.05, 0) is 43.9 Å². The first-order valence-corrected chi connectivity index (χ1v) is 8.75. The molecule has 1 aromatic carbocycles. The first kappa shape index (κ1) is 16.7. The molecule has 0 saturated heterocycles. The lowest BCUT2D eigenvalue weighted by atomic mass is 9.93. The summed E-state index contributed by atoms with van der Waals surface area (Å²) < 4.78 is 25.5. The molecule has 0 bridgehead atoms. The van der Waals surface area contributed by atoms with Gasteiger partial charge in [0, 0.05) is 25.7 Å². The van der Waals surface area contributed by atoms with E-state index in [0.29, 0.717) is 5.69 Å². The summed E-state index contributed by atoms with van der Waals surface area (Å²) in [6.45, 7) is 1.85. The second kappa shape index (κ2) is 6.62. The maximum absolute atomic E-state index is 12.3. The normalized spacial score (nSPS) is 18.5. The van der Waals surface area contributed by atoms with Crippen LogP contribution in [-0.2, 0) is 14.8 Å². The highest BCUT2D eigenvalue weighted by Crippen LogP contribution is 2.25. The molecule has 1 aromatic rings. The van der Waals surface area contributed by atoms with E-state index in [1.54, 1.807) is 12.1 Å². The molecule has 0 saturated carbocycles. The number of hydrogen-bond donors (Lipinski definition) is 1. The van der Waals surface area contributed by atoms with E-state index in [1.807, 2.05) is 13.0 Å². The highest BCUT2D eigenvalue weighted by Gasteiger charge is 2.21. The largest absolute Gasteiger partial charge is 0.326 e. The number of allylic oxidation sites excluding steroid dienone is 2. The number of carbonyl (C=O) groups excluding carboxylic acids is 1. The Balaban J connectivity index is 2.24. The molecule has 22 heavy (non-hydrogen) atoms. The molecule has 0 radical (unpaired) electrons. The van der Waals surface area contributed by atoms with Crippen molar-refractivity contribution in [2.75, 3.05) is 19.4 Å². The highest BCUT2D eigenvalue weighted by atomic mass is 32.2. The van der Waals surface area contributed by atoms with Crippen molar-refractivity contribution in [1.29, 1.82) is 0 Å². The number of sulfonamides is 1. The van der Waals surface area contributed by atoms with Crippen LogP contribution in [0.25, 0.3) is 0 Å². The van der Waals surface area contributed by atoms with Gasteiger partial charge in [0.2, 0.25) is 15.9 Å². The fraction of sp³-hybridized carbons (Fsp3) is 0.438. The summed E-state index contributed by atoms with van der Waals surface area (Å²) in [6.07, 6.45) is 6.58. The molecular weight excluding hydrogens is 300 g/mol. The summed E-state index contributed by atoms with van der Waals surface area (Å²) in [5.74, 6) is -0.0923. The number of nitrogens with one attached hydrogen (secondary N) is 1. The number of nitrogens with zero attached hydrogens (tertiary/aromatic N) is 1. The van der Waals surface area contributed by atoms with Crippen LogP contribution in [0, 0.1) is 12.8 Å². The monoisotopic (exact) mass is 322 g/mol. The van der Waals surface area contributed by atoms with Crippen LogP contribution in [0.4, 0.5) is 5.69 Å². The van der Waals surface area contributed by atoms with Gasteiger partial charge >= 0.3 is 0 Å². The fourth-order valence-electron chi connectivity index (χ4n) is 2.37. The van der Waals surface area contributed by atoms with E-state index in [1.165, 1.54) is 20.2 Å². The van der Waals surface area contributed by atoms with Crippen molar-refractivity contribution in [3.63, 3.8) is 0 Å². The Morgan fingerprint density at radius 2 is 2.00 bits per heavy atom. The quantitative estimate of drug-likeness (QED) is 0.866. The third-order valence-electron chi connectivity index (χ3n) is 3.89. The van der Waals surface area contributed by atoms with Crippen molar-refractivity contribution < 1.29 is 13.2 Å². The van der Waals surface area contributed by atoms with E-state index in [9.17, 15) is 13.2 Å². The molecule has 1 amide bonds. The minimum absolute atomic E-state index is 0.0430. The molecule has 5 nitrogen and oxygen atoms in total. The average Bonchev–Trinajstić information content (AvgIpc) is 2.50. The zero-order valence-electron chi connectivity index (χ0n) is 13.2. The van der Waals surface area contributed by atoms with Crippen LogP contribution >= 0.6 is 0 Å². The van der Waals surface area contributed by atoms with Crippen LogP contribution in [-0.4, -0.2) is 32.7 Å². The van der Waals surface area contributed by atoms with Crippen molar-refractivity contribution >= 4 is 21.6 Å². The summed E-state index contributed by atoms with van der Waals surface area (Å²) in [4.78, 5) is 12.5. The molecule has 2 rings (SSSR count). The Labute approximate surface area is 132 Å². The average molecular weight is 322 g/mol. The summed E-state index contributed by atoms with van der Waals surface area (Å²) >= 11 is 0. The number of benzene rings is 1. The van der Waals surface area contributed by atoms with Crippen molar-refractivity contribution in [1.82, 2.24) is 4.31 Å². The van der Waals surface area contributed by atoms with Gasteiger partial charge in [0.1, 0.15) is 0 Å². The fourth-order valence-corrected chi connectivity index (χ4v) is 3.30. The summed E-state index contributed by atoms with van der Waals surface area (Å²) in [5.41, 5.74) is 1.40. The SMILES string of the molecule is Cc1ccc(S(=O)(=O)N(C)C)cc1NC(=O)[C@H]1CC=CCC1. The second-order valence-corrected chi connectivity index (χ2v) is 7.89. The molecule has 0 fully saturated rings. The molecule has 1 atom stereocenters. The zero-order chi connectivity index (χ0) is 16.3. The topological polar surface area (TPSA) is 66.5 Å². The van der Waals surface area contributed by atoms with Crippen LogP contribution in [0.3, 0.4) is 0 Å². The first-order valence-electron chi connectivity index (χ1n) is 7.31. The van der Waals surface area contributed by atoms with E-state index in [0.717, 1.165) is 29.1 Å². The third kappa shape index (κ3) is 3.56. The van der Waals surface area contributed by atoms with E-state index in [4.69, 9.17) is 0 Å². The van der Waals surface area contributed by atoms with Crippen LogP contribution in [0.1, 0.15) is 24.8 Å². The van der Waals surface area contributed by atoms with E-state index in [2.05, 4.69) is 11.4 Å². The maximum Gasteiger partial charge on any atom is 0.242 e. The van der Waals surface area contributed by atoms with Gasteiger partial charge in [-0.3, -0.25) is 4.79 Å². The zero-order valence-corrected chi connectivity index (χ0v) is 14.0. The lowest BCUT2D eigenvalue weighted by molar-refractivity contribution is -0.120. The molecule has 1 N–H and O–H groups in total. The number of carbonyl (C=O) groups is 1. The molecule has 1 aliphatic carbocycles. The molecule has 120 valence electrons. The minimum atomic E-state index is -3.51. The van der Waals surface area contributed by atoms with Gasteiger partial charge in [-0.25, -0.2) is 12.7 Å². The van der Waals surface area contributed by atoms with Crippen molar-refractivity contribution in [3.05, 3.63) is 35.9 Å². The van der Waals surface area contributed by atoms with Crippen molar-refractivity contribution in [2.45, 2.75) is 31.1 Å². The number of rotatable bonds is 4. The lowest BCUT2D eigenvalue weighted by Gasteiger charge is -2.19. The van der Waals surface area contributed by atoms with E-state index < -0.39 is 10.0 Å². The van der Waals surface area contributed by atoms with E-state index >= 15 is 0 Å². The number of aryl methyl sites for hydroxylation is 1.